The predicted molar refractivity (Wildman–Crippen MR) is 202 cm³/mol. The zero-order valence-corrected chi connectivity index (χ0v) is 30.5. The van der Waals surface area contributed by atoms with Gasteiger partial charge in [0, 0.05) is 43.6 Å². The topological polar surface area (TPSA) is 158 Å². The highest BCUT2D eigenvalue weighted by atomic mass is 16.4. The third-order valence-electron chi connectivity index (χ3n) is 10.1. The van der Waals surface area contributed by atoms with Crippen molar-refractivity contribution in [1.82, 2.24) is 20.5 Å². The van der Waals surface area contributed by atoms with Crippen LogP contribution in [0.25, 0.3) is 10.9 Å². The van der Waals surface area contributed by atoms with E-state index in [1.54, 1.807) is 0 Å². The van der Waals surface area contributed by atoms with Crippen LogP contribution in [-0.4, -0.2) is 63.4 Å². The number of carbonyl (C=O) groups is 4. The van der Waals surface area contributed by atoms with Gasteiger partial charge in [-0.15, -0.1) is 0 Å². The van der Waals surface area contributed by atoms with Crippen molar-refractivity contribution in [3.05, 3.63) is 71.4 Å². The molecule has 0 fully saturated rings. The number of aromatic amines is 1. The van der Waals surface area contributed by atoms with E-state index in [4.69, 9.17) is 5.73 Å². The van der Waals surface area contributed by atoms with Gasteiger partial charge in [0.1, 0.15) is 12.1 Å². The highest BCUT2D eigenvalue weighted by Gasteiger charge is 2.38. The first-order chi connectivity index (χ1) is 24.8. The molecule has 0 radical (unpaired) electrons. The summed E-state index contributed by atoms with van der Waals surface area (Å²) in [6.07, 6.45) is 17.2. The van der Waals surface area contributed by atoms with Crippen LogP contribution in [0.3, 0.4) is 0 Å². The summed E-state index contributed by atoms with van der Waals surface area (Å²) in [4.78, 5) is 56.8. The zero-order valence-electron chi connectivity index (χ0n) is 30.5. The minimum Gasteiger partial charge on any atom is -0.480 e. The van der Waals surface area contributed by atoms with Crippen molar-refractivity contribution in [3.8, 4) is 0 Å². The second-order valence-electron chi connectivity index (χ2n) is 14.2. The maximum absolute atomic E-state index is 13.7. The fraction of sp³-hybridized carbons (Fsp3) is 0.561. The molecular weight excluding hydrogens is 642 g/mol. The van der Waals surface area contributed by atoms with Crippen LogP contribution in [0.1, 0.15) is 120 Å². The van der Waals surface area contributed by atoms with Crippen LogP contribution < -0.4 is 16.4 Å². The van der Waals surface area contributed by atoms with Crippen molar-refractivity contribution in [2.24, 2.45) is 5.73 Å². The summed E-state index contributed by atoms with van der Waals surface area (Å²) in [7, 11) is 0. The Balaban J connectivity index is 1.20. The lowest BCUT2D eigenvalue weighted by Gasteiger charge is -2.37. The Morgan fingerprint density at radius 2 is 1.47 bits per heavy atom. The van der Waals surface area contributed by atoms with E-state index >= 15 is 0 Å². The molecule has 10 heteroatoms. The number of nitrogens with two attached hydrogens (primary N) is 1. The van der Waals surface area contributed by atoms with Crippen molar-refractivity contribution in [2.45, 2.75) is 141 Å². The summed E-state index contributed by atoms with van der Waals surface area (Å²) in [5.74, 6) is -2.16. The first-order valence-corrected chi connectivity index (χ1v) is 19.3. The van der Waals surface area contributed by atoms with Crippen molar-refractivity contribution in [1.29, 1.82) is 0 Å². The van der Waals surface area contributed by atoms with Crippen molar-refractivity contribution in [2.75, 3.05) is 6.54 Å². The van der Waals surface area contributed by atoms with Gasteiger partial charge in [-0.3, -0.25) is 14.4 Å². The molecule has 278 valence electrons. The summed E-state index contributed by atoms with van der Waals surface area (Å²) in [6, 6.07) is 14.1. The number of hydrogen-bond acceptors (Lipinski definition) is 5. The largest absolute Gasteiger partial charge is 0.480 e. The molecule has 0 saturated carbocycles. The van der Waals surface area contributed by atoms with E-state index in [1.807, 2.05) is 54.6 Å². The molecule has 3 aromatic rings. The standard InChI is InChI=1S/C41H59N5O5/c1-2-3-4-5-6-7-8-9-10-11-12-13-14-23-38(47)43-25-24-34(42)40(49)46-29-32-21-16-15-19-30(32)27-37(46)39(48)45-36(41(50)51)28-33-26-31-20-17-18-22-35(31)44-33/h15-22,26,34,36-37,44H,2-14,23-25,27-29,42H2,1H3,(H,43,47)(H,45,48)(H,50,51)/t34-,36-,37-/m0/s1. The molecular formula is C41H59N5O5. The Labute approximate surface area is 303 Å². The van der Waals surface area contributed by atoms with E-state index in [2.05, 4.69) is 22.5 Å². The molecule has 0 aliphatic carbocycles. The normalized spacial score (nSPS) is 15.3. The van der Waals surface area contributed by atoms with Crippen LogP contribution in [0.15, 0.2) is 54.6 Å². The Morgan fingerprint density at radius 3 is 2.12 bits per heavy atom. The zero-order chi connectivity index (χ0) is 36.4. The first-order valence-electron chi connectivity index (χ1n) is 19.3. The number of benzene rings is 2. The van der Waals surface area contributed by atoms with E-state index in [0.29, 0.717) is 12.1 Å². The van der Waals surface area contributed by atoms with Crippen LogP contribution in [-0.2, 0) is 38.6 Å². The highest BCUT2D eigenvalue weighted by Crippen LogP contribution is 2.25. The summed E-state index contributed by atoms with van der Waals surface area (Å²) < 4.78 is 0. The first kappa shape index (κ1) is 39.6. The lowest BCUT2D eigenvalue weighted by atomic mass is 9.92. The van der Waals surface area contributed by atoms with Gasteiger partial charge in [0.2, 0.25) is 17.7 Å². The van der Waals surface area contributed by atoms with Gasteiger partial charge in [-0.1, -0.05) is 126 Å². The molecule has 0 saturated heterocycles. The number of H-pyrrole nitrogens is 1. The number of aromatic nitrogens is 1. The fourth-order valence-corrected chi connectivity index (χ4v) is 7.02. The average Bonchev–Trinajstić information content (AvgIpc) is 3.54. The number of fused-ring (bicyclic) bond motifs is 2. The third-order valence-corrected chi connectivity index (χ3v) is 10.1. The van der Waals surface area contributed by atoms with E-state index in [1.165, 1.54) is 69.1 Å². The molecule has 4 rings (SSSR count). The SMILES string of the molecule is CCCCCCCCCCCCCCCC(=O)NCC[C@H](N)C(=O)N1Cc2ccccc2C[C@H]1C(=O)N[C@@H](Cc1cc2ccccc2[nH]1)C(=O)O. The monoisotopic (exact) mass is 701 g/mol. The number of aliphatic carboxylic acids is 1. The quantitative estimate of drug-likeness (QED) is 0.0706. The molecule has 1 aliphatic rings. The van der Waals surface area contributed by atoms with Crippen molar-refractivity contribution in [3.63, 3.8) is 0 Å². The highest BCUT2D eigenvalue weighted by molar-refractivity contribution is 5.92. The molecule has 51 heavy (non-hydrogen) atoms. The number of nitrogens with zero attached hydrogens (tertiary/aromatic N) is 1. The third kappa shape index (κ3) is 12.8. The van der Waals surface area contributed by atoms with Crippen LogP contribution in [0.5, 0.6) is 0 Å². The van der Waals surface area contributed by atoms with Gasteiger partial charge in [-0.05, 0) is 41.5 Å². The van der Waals surface area contributed by atoms with Gasteiger partial charge in [0.25, 0.3) is 0 Å². The maximum atomic E-state index is 13.7. The number of amides is 3. The molecule has 0 spiro atoms. The number of unbranched alkanes of at least 4 members (excludes halogenated alkanes) is 12. The van der Waals surface area contributed by atoms with Crippen LogP contribution in [0, 0.1) is 0 Å². The number of carboxylic acid groups (broad SMARTS) is 1. The van der Waals surface area contributed by atoms with Crippen LogP contribution in [0.4, 0.5) is 0 Å². The molecule has 6 N–H and O–H groups in total. The number of carboxylic acids is 1. The molecule has 2 aromatic carbocycles. The van der Waals surface area contributed by atoms with Crippen molar-refractivity contribution >= 4 is 34.6 Å². The number of carbonyl (C=O) groups excluding carboxylic acids is 3. The molecule has 3 atom stereocenters. The van der Waals surface area contributed by atoms with Gasteiger partial charge in [0.05, 0.1) is 6.04 Å². The van der Waals surface area contributed by atoms with E-state index in [0.717, 1.165) is 41.3 Å². The summed E-state index contributed by atoms with van der Waals surface area (Å²) in [5.41, 5.74) is 9.77. The molecule has 3 amide bonds. The van der Waals surface area contributed by atoms with Gasteiger partial charge in [-0.25, -0.2) is 4.79 Å². The van der Waals surface area contributed by atoms with Gasteiger partial charge >= 0.3 is 5.97 Å². The molecule has 1 aliphatic heterocycles. The summed E-state index contributed by atoms with van der Waals surface area (Å²) in [5, 5.41) is 16.6. The van der Waals surface area contributed by atoms with Gasteiger partial charge < -0.3 is 31.4 Å². The molecule has 0 bridgehead atoms. The molecule has 0 unspecified atom stereocenters. The van der Waals surface area contributed by atoms with Gasteiger partial charge in [-0.2, -0.15) is 0 Å². The van der Waals surface area contributed by atoms with E-state index < -0.39 is 35.9 Å². The Morgan fingerprint density at radius 1 is 0.863 bits per heavy atom. The summed E-state index contributed by atoms with van der Waals surface area (Å²) in [6.45, 7) is 2.70. The Kier molecular flexibility index (Phi) is 16.5. The van der Waals surface area contributed by atoms with Crippen LogP contribution >= 0.6 is 0 Å². The number of rotatable bonds is 23. The number of nitrogens with one attached hydrogen (secondary N) is 3. The van der Waals surface area contributed by atoms with Crippen LogP contribution in [0.2, 0.25) is 0 Å². The predicted octanol–water partition coefficient (Wildman–Crippen LogP) is 6.55. The second kappa shape index (κ2) is 21.2. The lowest BCUT2D eigenvalue weighted by Crippen LogP contribution is -2.58. The molecule has 10 nitrogen and oxygen atoms in total. The smallest absolute Gasteiger partial charge is 0.326 e. The Bertz CT molecular complexity index is 1520. The number of hydrogen-bond donors (Lipinski definition) is 5. The minimum absolute atomic E-state index is 0.0449. The summed E-state index contributed by atoms with van der Waals surface area (Å²) >= 11 is 0. The fourth-order valence-electron chi connectivity index (χ4n) is 7.02. The average molecular weight is 702 g/mol. The Hall–Kier alpha value is -4.18. The van der Waals surface area contributed by atoms with E-state index in [9.17, 15) is 24.3 Å². The lowest BCUT2D eigenvalue weighted by molar-refractivity contribution is -0.146. The second-order valence-corrected chi connectivity index (χ2v) is 14.2. The van der Waals surface area contributed by atoms with E-state index in [-0.39, 0.29) is 38.3 Å². The molecule has 2 heterocycles. The van der Waals surface area contributed by atoms with Crippen molar-refractivity contribution < 1.29 is 24.3 Å². The number of para-hydroxylation sites is 1. The van der Waals surface area contributed by atoms with Gasteiger partial charge in [0.15, 0.2) is 0 Å². The minimum atomic E-state index is -1.20. The maximum Gasteiger partial charge on any atom is 0.326 e. The molecule has 1 aromatic heterocycles.